The molecule has 2 aliphatic heterocycles. The molecule has 2 saturated heterocycles. The van der Waals surface area contributed by atoms with Gasteiger partial charge in [-0.2, -0.15) is 0 Å². The van der Waals surface area contributed by atoms with E-state index in [4.69, 9.17) is 4.74 Å². The Hall–Kier alpha value is -1.63. The number of rotatable bonds is 3. The first kappa shape index (κ1) is 11.8. The molecular weight excluding hydrogens is 226 g/mol. The summed E-state index contributed by atoms with van der Waals surface area (Å²) in [6, 6.07) is -0.492. The molecule has 0 aromatic carbocycles. The molecule has 2 N–H and O–H groups in total. The van der Waals surface area contributed by atoms with E-state index in [0.717, 1.165) is 0 Å². The van der Waals surface area contributed by atoms with Crippen molar-refractivity contribution in [3.05, 3.63) is 0 Å². The summed E-state index contributed by atoms with van der Waals surface area (Å²) in [4.78, 5) is 36.0. The minimum Gasteiger partial charge on any atom is -0.372 e. The lowest BCUT2D eigenvalue weighted by Gasteiger charge is -2.20. The molecule has 4 amide bonds. The number of nitrogens with zero attached hydrogens (tertiary/aromatic N) is 1. The van der Waals surface area contributed by atoms with Crippen LogP contribution in [-0.2, 0) is 14.3 Å². The third kappa shape index (κ3) is 2.10. The van der Waals surface area contributed by atoms with Gasteiger partial charge >= 0.3 is 6.03 Å². The lowest BCUT2D eigenvalue weighted by Crippen LogP contribution is -2.50. The number of urea groups is 1. The Balaban J connectivity index is 1.97. The molecule has 1 unspecified atom stereocenters. The van der Waals surface area contributed by atoms with Crippen molar-refractivity contribution in [2.24, 2.45) is 0 Å². The zero-order chi connectivity index (χ0) is 12.5. The Morgan fingerprint density at radius 2 is 2.29 bits per heavy atom. The van der Waals surface area contributed by atoms with Gasteiger partial charge in [0.25, 0.3) is 5.91 Å². The number of ether oxygens (including phenoxy) is 1. The Bertz CT molecular complexity index is 371. The summed E-state index contributed by atoms with van der Waals surface area (Å²) in [5.74, 6) is -0.508. The average molecular weight is 241 g/mol. The van der Waals surface area contributed by atoms with E-state index in [1.165, 1.54) is 0 Å². The molecule has 0 aromatic heterocycles. The fraction of sp³-hybridized carbons (Fsp3) is 0.700. The van der Waals surface area contributed by atoms with Gasteiger partial charge in [0.2, 0.25) is 5.91 Å². The number of hydrogen-bond donors (Lipinski definition) is 2. The molecule has 2 fully saturated rings. The van der Waals surface area contributed by atoms with E-state index in [2.05, 4.69) is 10.6 Å². The molecule has 17 heavy (non-hydrogen) atoms. The Morgan fingerprint density at radius 1 is 1.53 bits per heavy atom. The first-order chi connectivity index (χ1) is 8.07. The van der Waals surface area contributed by atoms with Gasteiger partial charge in [-0.3, -0.25) is 14.9 Å². The Morgan fingerprint density at radius 3 is 2.88 bits per heavy atom. The maximum absolute atomic E-state index is 11.7. The fourth-order valence-corrected chi connectivity index (χ4v) is 2.12. The zero-order valence-electron chi connectivity index (χ0n) is 9.62. The maximum atomic E-state index is 11.7. The summed E-state index contributed by atoms with van der Waals surface area (Å²) in [5, 5.41) is 4.78. The van der Waals surface area contributed by atoms with Crippen LogP contribution in [0.2, 0.25) is 0 Å². The molecule has 0 aliphatic carbocycles. The van der Waals surface area contributed by atoms with Crippen molar-refractivity contribution in [3.63, 3.8) is 0 Å². The molecule has 94 valence electrons. The smallest absolute Gasteiger partial charge is 0.322 e. The molecule has 7 heteroatoms. The van der Waals surface area contributed by atoms with Gasteiger partial charge in [-0.15, -0.1) is 0 Å². The quantitative estimate of drug-likeness (QED) is 0.610. The molecule has 2 rings (SSSR count). The monoisotopic (exact) mass is 241 g/mol. The van der Waals surface area contributed by atoms with E-state index in [9.17, 15) is 14.4 Å². The van der Waals surface area contributed by atoms with Crippen molar-refractivity contribution < 1.29 is 19.1 Å². The second-order valence-electron chi connectivity index (χ2n) is 4.19. The highest BCUT2D eigenvalue weighted by molar-refractivity contribution is 6.07. The second kappa shape index (κ2) is 4.33. The number of likely N-dealkylation sites (tertiary alicyclic amines) is 1. The fourth-order valence-electron chi connectivity index (χ4n) is 2.12. The maximum Gasteiger partial charge on any atom is 0.322 e. The van der Waals surface area contributed by atoms with Gasteiger partial charge in [-0.05, 0) is 13.3 Å². The topological polar surface area (TPSA) is 87.7 Å². The van der Waals surface area contributed by atoms with Crippen molar-refractivity contribution in [3.8, 4) is 0 Å². The zero-order valence-corrected chi connectivity index (χ0v) is 9.62. The Kier molecular flexibility index (Phi) is 3.01. The van der Waals surface area contributed by atoms with Gasteiger partial charge in [0, 0.05) is 13.2 Å². The Labute approximate surface area is 98.5 Å². The number of carbonyl (C=O) groups excluding carboxylic acids is 3. The first-order valence-corrected chi connectivity index (χ1v) is 5.56. The van der Waals surface area contributed by atoms with Crippen LogP contribution in [0, 0.1) is 0 Å². The summed E-state index contributed by atoms with van der Waals surface area (Å²) < 4.78 is 5.03. The highest BCUT2D eigenvalue weighted by atomic mass is 16.5. The molecule has 0 radical (unpaired) electrons. The van der Waals surface area contributed by atoms with Crippen LogP contribution in [0.1, 0.15) is 13.3 Å². The minimum atomic E-state index is -0.932. The van der Waals surface area contributed by atoms with Crippen LogP contribution >= 0.6 is 0 Å². The number of imide groups is 1. The molecule has 2 aliphatic rings. The first-order valence-electron chi connectivity index (χ1n) is 5.56. The van der Waals surface area contributed by atoms with Crippen LogP contribution < -0.4 is 10.6 Å². The van der Waals surface area contributed by atoms with Gasteiger partial charge in [-0.1, -0.05) is 0 Å². The van der Waals surface area contributed by atoms with Crippen molar-refractivity contribution in [2.75, 3.05) is 26.3 Å². The lowest BCUT2D eigenvalue weighted by atomic mass is 10.00. The van der Waals surface area contributed by atoms with Gasteiger partial charge in [0.15, 0.2) is 0 Å². The molecule has 1 spiro atoms. The van der Waals surface area contributed by atoms with E-state index in [-0.39, 0.29) is 25.0 Å². The third-order valence-corrected chi connectivity index (χ3v) is 3.07. The van der Waals surface area contributed by atoms with Gasteiger partial charge in [0.05, 0.1) is 6.54 Å². The second-order valence-corrected chi connectivity index (χ2v) is 4.19. The standard InChI is InChI=1S/C10H15N3O4/c1-2-17-5-7(14)13-4-3-10(6-13)8(15)11-9(16)12-10/h2-6H2,1H3,(H2,11,12,15,16). The van der Waals surface area contributed by atoms with Gasteiger partial charge in [0.1, 0.15) is 12.1 Å². The lowest BCUT2D eigenvalue weighted by molar-refractivity contribution is -0.135. The summed E-state index contributed by atoms with van der Waals surface area (Å²) in [6.45, 7) is 2.98. The summed E-state index contributed by atoms with van der Waals surface area (Å²) in [6.07, 6.45) is 0.447. The summed E-state index contributed by atoms with van der Waals surface area (Å²) >= 11 is 0. The molecule has 7 nitrogen and oxygen atoms in total. The molecule has 0 saturated carbocycles. The van der Waals surface area contributed by atoms with E-state index in [1.54, 1.807) is 4.90 Å². The van der Waals surface area contributed by atoms with E-state index >= 15 is 0 Å². The average Bonchev–Trinajstić information content (AvgIpc) is 2.81. The highest BCUT2D eigenvalue weighted by Gasteiger charge is 2.51. The molecule has 2 heterocycles. The van der Waals surface area contributed by atoms with Crippen LogP contribution in [0.4, 0.5) is 4.79 Å². The summed E-state index contributed by atoms with van der Waals surface area (Å²) in [5.41, 5.74) is -0.932. The molecule has 0 bridgehead atoms. The predicted molar refractivity (Wildman–Crippen MR) is 57.1 cm³/mol. The van der Waals surface area contributed by atoms with Gasteiger partial charge < -0.3 is 15.0 Å². The van der Waals surface area contributed by atoms with Crippen molar-refractivity contribution in [1.82, 2.24) is 15.5 Å². The SMILES string of the molecule is CCOCC(=O)N1CCC2(C1)NC(=O)NC2=O. The van der Waals surface area contributed by atoms with Crippen LogP contribution in [0.5, 0.6) is 0 Å². The molecular formula is C10H15N3O4. The van der Waals surface area contributed by atoms with Crippen LogP contribution in [0.15, 0.2) is 0 Å². The summed E-state index contributed by atoms with van der Waals surface area (Å²) in [7, 11) is 0. The van der Waals surface area contributed by atoms with E-state index < -0.39 is 11.6 Å². The number of nitrogens with one attached hydrogen (secondary N) is 2. The van der Waals surface area contributed by atoms with E-state index in [1.807, 2.05) is 6.92 Å². The number of carbonyl (C=O) groups is 3. The minimum absolute atomic E-state index is 0.0160. The van der Waals surface area contributed by atoms with Gasteiger partial charge in [-0.25, -0.2) is 4.79 Å². The third-order valence-electron chi connectivity index (χ3n) is 3.07. The van der Waals surface area contributed by atoms with Crippen LogP contribution in [0.3, 0.4) is 0 Å². The molecule has 1 atom stereocenters. The van der Waals surface area contributed by atoms with Crippen molar-refractivity contribution in [2.45, 2.75) is 18.9 Å². The van der Waals surface area contributed by atoms with Crippen molar-refractivity contribution in [1.29, 1.82) is 0 Å². The van der Waals surface area contributed by atoms with Crippen molar-refractivity contribution >= 4 is 17.8 Å². The normalized spacial score (nSPS) is 27.5. The highest BCUT2D eigenvalue weighted by Crippen LogP contribution is 2.24. The van der Waals surface area contributed by atoms with E-state index in [0.29, 0.717) is 19.6 Å². The largest absolute Gasteiger partial charge is 0.372 e. The van der Waals surface area contributed by atoms with Crippen LogP contribution in [-0.4, -0.2) is 54.6 Å². The molecule has 0 aromatic rings. The number of hydrogen-bond acceptors (Lipinski definition) is 4. The van der Waals surface area contributed by atoms with Crippen LogP contribution in [0.25, 0.3) is 0 Å². The number of amides is 4. The predicted octanol–water partition coefficient (Wildman–Crippen LogP) is -1.17.